The van der Waals surface area contributed by atoms with Crippen LogP contribution in [0.15, 0.2) is 30.3 Å². The lowest BCUT2D eigenvalue weighted by atomic mass is 10.1. The quantitative estimate of drug-likeness (QED) is 0.557. The lowest BCUT2D eigenvalue weighted by Crippen LogP contribution is -2.49. The fraction of sp³-hybridized carbons (Fsp3) is 0.409. The van der Waals surface area contributed by atoms with Crippen molar-refractivity contribution in [3.05, 3.63) is 41.6 Å². The molecule has 1 aliphatic heterocycles. The van der Waals surface area contributed by atoms with Crippen LogP contribution >= 0.6 is 0 Å². The smallest absolute Gasteiger partial charge is 0.254 e. The van der Waals surface area contributed by atoms with Crippen molar-refractivity contribution in [3.8, 4) is 11.4 Å². The van der Waals surface area contributed by atoms with Crippen LogP contribution in [0.5, 0.6) is 0 Å². The Morgan fingerprint density at radius 2 is 2.03 bits per heavy atom. The summed E-state index contributed by atoms with van der Waals surface area (Å²) in [4.78, 5) is 27.1. The minimum absolute atomic E-state index is 0.0222. The summed E-state index contributed by atoms with van der Waals surface area (Å²) >= 11 is 0. The molecule has 1 aliphatic rings. The molecule has 0 bridgehead atoms. The maximum absolute atomic E-state index is 12.7. The van der Waals surface area contributed by atoms with Gasteiger partial charge < -0.3 is 15.0 Å². The van der Waals surface area contributed by atoms with Crippen molar-refractivity contribution in [2.45, 2.75) is 31.7 Å². The highest BCUT2D eigenvalue weighted by molar-refractivity contribution is 7.89. The molecule has 2 N–H and O–H groups in total. The van der Waals surface area contributed by atoms with Gasteiger partial charge in [0.1, 0.15) is 12.4 Å². The third-order valence-corrected chi connectivity index (χ3v) is 6.21. The number of nitrogens with zero attached hydrogens (tertiary/aromatic N) is 3. The summed E-state index contributed by atoms with van der Waals surface area (Å²) in [5.74, 6) is 0.0840. The number of ether oxygens (including phenoxy) is 1. The van der Waals surface area contributed by atoms with E-state index in [2.05, 4.69) is 10.3 Å². The summed E-state index contributed by atoms with van der Waals surface area (Å²) in [6.07, 6.45) is 1.88. The molecule has 32 heavy (non-hydrogen) atoms. The van der Waals surface area contributed by atoms with Crippen molar-refractivity contribution >= 4 is 32.6 Å². The van der Waals surface area contributed by atoms with Gasteiger partial charge in [-0.1, -0.05) is 6.92 Å². The third kappa shape index (κ3) is 4.82. The van der Waals surface area contributed by atoms with Gasteiger partial charge in [-0.2, -0.15) is 0 Å². The zero-order valence-electron chi connectivity index (χ0n) is 18.4. The number of carbonyl (C=O) groups is 1. The highest BCUT2D eigenvalue weighted by Gasteiger charge is 2.30. The molecule has 4 heterocycles. The second-order valence-corrected chi connectivity index (χ2v) is 10.2. The first-order valence-electron chi connectivity index (χ1n) is 10.5. The number of nitrogens with one attached hydrogen (secondary N) is 2. The molecule has 0 spiro atoms. The number of hydrogen-bond donors (Lipinski definition) is 2. The fourth-order valence-electron chi connectivity index (χ4n) is 3.95. The van der Waals surface area contributed by atoms with Crippen molar-refractivity contribution in [1.29, 1.82) is 0 Å². The number of aromatic amines is 1. The van der Waals surface area contributed by atoms with Gasteiger partial charge in [-0.25, -0.2) is 18.4 Å². The third-order valence-electron chi connectivity index (χ3n) is 5.35. The Labute approximate surface area is 187 Å². The van der Waals surface area contributed by atoms with E-state index in [1.807, 2.05) is 32.2 Å². The summed E-state index contributed by atoms with van der Waals surface area (Å²) in [6.45, 7) is 3.06. The first kappa shape index (κ1) is 22.4. The molecule has 0 aromatic carbocycles. The van der Waals surface area contributed by atoms with Crippen molar-refractivity contribution in [3.63, 3.8) is 0 Å². The molecule has 4 rings (SSSR count). The van der Waals surface area contributed by atoms with Gasteiger partial charge in [0.25, 0.3) is 5.91 Å². The number of carbonyl (C=O) groups excluding carboxylic acids is 1. The highest BCUT2D eigenvalue weighted by atomic mass is 32.2. The standard InChI is InChI=1S/C22H27N5O4S/c1-4-16-11-31-12-22(28)27(16)21-8-14(13-32(3,29)30)7-19(26-21)18-6-5-17-20(25-18)9-15(24-17)10-23-2/h5-9,16,23-24H,4,10-13H2,1-3H3/t16-/m1/s1. The van der Waals surface area contributed by atoms with E-state index in [0.717, 1.165) is 16.7 Å². The molecule has 9 nitrogen and oxygen atoms in total. The maximum atomic E-state index is 12.7. The van der Waals surface area contributed by atoms with Crippen molar-refractivity contribution in [2.24, 2.45) is 0 Å². The van der Waals surface area contributed by atoms with Gasteiger partial charge in [-0.3, -0.25) is 9.69 Å². The molecule has 0 saturated carbocycles. The predicted molar refractivity (Wildman–Crippen MR) is 123 cm³/mol. The molecule has 3 aromatic rings. The number of hydrogen-bond acceptors (Lipinski definition) is 7. The molecular weight excluding hydrogens is 430 g/mol. The van der Waals surface area contributed by atoms with Gasteiger partial charge in [0.2, 0.25) is 0 Å². The number of fused-ring (bicyclic) bond motifs is 1. The number of sulfone groups is 1. The van der Waals surface area contributed by atoms with Crippen LogP contribution in [0.1, 0.15) is 24.6 Å². The molecule has 1 atom stereocenters. The minimum Gasteiger partial charge on any atom is -0.369 e. The van der Waals surface area contributed by atoms with Crippen LogP contribution in [0.3, 0.4) is 0 Å². The second kappa shape index (κ2) is 8.97. The van der Waals surface area contributed by atoms with E-state index in [1.54, 1.807) is 17.0 Å². The Bertz CT molecular complexity index is 1250. The lowest BCUT2D eigenvalue weighted by molar-refractivity contribution is -0.127. The van der Waals surface area contributed by atoms with Crippen molar-refractivity contribution in [1.82, 2.24) is 20.3 Å². The van der Waals surface area contributed by atoms with Gasteiger partial charge >= 0.3 is 0 Å². The van der Waals surface area contributed by atoms with Crippen LogP contribution in [0, 0.1) is 0 Å². The lowest BCUT2D eigenvalue weighted by Gasteiger charge is -2.34. The Kier molecular flexibility index (Phi) is 6.27. The molecule has 170 valence electrons. The van der Waals surface area contributed by atoms with Crippen LogP contribution < -0.4 is 10.2 Å². The van der Waals surface area contributed by atoms with Gasteiger partial charge in [0.15, 0.2) is 9.84 Å². The monoisotopic (exact) mass is 457 g/mol. The van der Waals surface area contributed by atoms with Crippen LogP contribution in [0.2, 0.25) is 0 Å². The molecule has 10 heteroatoms. The van der Waals surface area contributed by atoms with E-state index in [9.17, 15) is 13.2 Å². The summed E-state index contributed by atoms with van der Waals surface area (Å²) < 4.78 is 29.4. The first-order chi connectivity index (χ1) is 15.3. The SMILES string of the molecule is CC[C@@H]1COCC(=O)N1c1cc(CS(C)(=O)=O)cc(-c2ccc3[nH]c(CNC)cc3n2)n1. The Balaban J connectivity index is 1.82. The van der Waals surface area contributed by atoms with E-state index in [1.165, 1.54) is 6.26 Å². The number of amides is 1. The Hall–Kier alpha value is -2.82. The van der Waals surface area contributed by atoms with E-state index >= 15 is 0 Å². The summed E-state index contributed by atoms with van der Waals surface area (Å²) in [5, 5.41) is 3.10. The number of H-pyrrole nitrogens is 1. The molecule has 1 fully saturated rings. The summed E-state index contributed by atoms with van der Waals surface area (Å²) in [7, 11) is -1.41. The molecule has 0 aliphatic carbocycles. The van der Waals surface area contributed by atoms with Gasteiger partial charge in [0.05, 0.1) is 40.8 Å². The Morgan fingerprint density at radius 1 is 1.22 bits per heavy atom. The van der Waals surface area contributed by atoms with E-state index in [0.29, 0.717) is 42.3 Å². The van der Waals surface area contributed by atoms with E-state index in [4.69, 9.17) is 14.7 Å². The van der Waals surface area contributed by atoms with Crippen LogP contribution in [-0.4, -0.2) is 61.8 Å². The number of aromatic nitrogens is 3. The normalized spacial score (nSPS) is 17.3. The van der Waals surface area contributed by atoms with Crippen LogP contribution in [0.4, 0.5) is 5.82 Å². The number of rotatable bonds is 7. The molecule has 0 unspecified atom stereocenters. The maximum Gasteiger partial charge on any atom is 0.254 e. The largest absolute Gasteiger partial charge is 0.369 e. The van der Waals surface area contributed by atoms with Gasteiger partial charge in [0, 0.05) is 18.5 Å². The van der Waals surface area contributed by atoms with Crippen molar-refractivity contribution in [2.75, 3.05) is 31.4 Å². The molecular formula is C22H27N5O4S. The van der Waals surface area contributed by atoms with E-state index < -0.39 is 9.84 Å². The highest BCUT2D eigenvalue weighted by Crippen LogP contribution is 2.28. The Morgan fingerprint density at radius 3 is 2.75 bits per heavy atom. The van der Waals surface area contributed by atoms with Crippen molar-refractivity contribution < 1.29 is 17.9 Å². The molecule has 1 saturated heterocycles. The average molecular weight is 458 g/mol. The van der Waals surface area contributed by atoms with Crippen LogP contribution in [-0.2, 0) is 31.7 Å². The topological polar surface area (TPSA) is 117 Å². The minimum atomic E-state index is -3.28. The predicted octanol–water partition coefficient (Wildman–Crippen LogP) is 2.03. The van der Waals surface area contributed by atoms with Gasteiger partial charge in [-0.15, -0.1) is 0 Å². The number of anilines is 1. The van der Waals surface area contributed by atoms with Crippen LogP contribution in [0.25, 0.3) is 22.4 Å². The molecule has 0 radical (unpaired) electrons. The zero-order valence-corrected chi connectivity index (χ0v) is 19.2. The first-order valence-corrected chi connectivity index (χ1v) is 12.6. The second-order valence-electron chi connectivity index (χ2n) is 8.08. The molecule has 1 amide bonds. The summed E-state index contributed by atoms with van der Waals surface area (Å²) in [6, 6.07) is 8.98. The number of pyridine rings is 2. The molecule has 3 aromatic heterocycles. The summed E-state index contributed by atoms with van der Waals surface area (Å²) in [5.41, 5.74) is 4.40. The fourth-order valence-corrected chi connectivity index (χ4v) is 4.72. The average Bonchev–Trinajstić information content (AvgIpc) is 3.13. The van der Waals surface area contributed by atoms with E-state index in [-0.39, 0.29) is 24.3 Å². The zero-order chi connectivity index (χ0) is 22.9. The number of morpholine rings is 1. The van der Waals surface area contributed by atoms with Gasteiger partial charge in [-0.05, 0) is 49.4 Å².